The summed E-state index contributed by atoms with van der Waals surface area (Å²) in [6.45, 7) is 2.25. The predicted octanol–water partition coefficient (Wildman–Crippen LogP) is 2.16. The number of β-amino-alcohol motifs (C(OH)–C–C–N with tert-alkyl or cyclic N) is 1. The maximum Gasteiger partial charge on any atom is 0.224 e. The van der Waals surface area contributed by atoms with Crippen LogP contribution < -0.4 is 15.4 Å². The molecule has 26 heavy (non-hydrogen) atoms. The van der Waals surface area contributed by atoms with Crippen LogP contribution in [0.5, 0.6) is 5.75 Å². The van der Waals surface area contributed by atoms with Crippen molar-refractivity contribution in [1.29, 1.82) is 0 Å². The quantitative estimate of drug-likeness (QED) is 0.694. The summed E-state index contributed by atoms with van der Waals surface area (Å²) >= 11 is 5.88. The molecule has 5 nitrogen and oxygen atoms in total. The van der Waals surface area contributed by atoms with Crippen LogP contribution in [-0.2, 0) is 17.8 Å². The monoisotopic (exact) mass is 374 g/mol. The van der Waals surface area contributed by atoms with Gasteiger partial charge in [0.25, 0.3) is 0 Å². The van der Waals surface area contributed by atoms with Crippen molar-refractivity contribution in [1.82, 2.24) is 10.6 Å². The molecule has 1 fully saturated rings. The summed E-state index contributed by atoms with van der Waals surface area (Å²) in [5, 5.41) is 16.5. The Morgan fingerprint density at radius 2 is 2.00 bits per heavy atom. The normalized spacial score (nSPS) is 19.3. The van der Waals surface area contributed by atoms with Gasteiger partial charge >= 0.3 is 0 Å². The first-order valence-electron chi connectivity index (χ1n) is 8.72. The Bertz CT molecular complexity index is 736. The van der Waals surface area contributed by atoms with E-state index in [0.29, 0.717) is 24.7 Å². The first-order valence-corrected chi connectivity index (χ1v) is 9.09. The lowest BCUT2D eigenvalue weighted by atomic mass is 10.1. The van der Waals surface area contributed by atoms with Crippen LogP contribution in [0.25, 0.3) is 0 Å². The number of amides is 1. The highest BCUT2D eigenvalue weighted by Crippen LogP contribution is 2.17. The number of hydrogen-bond acceptors (Lipinski definition) is 4. The number of rotatable bonds is 7. The van der Waals surface area contributed by atoms with E-state index in [-0.39, 0.29) is 24.3 Å². The topological polar surface area (TPSA) is 70.6 Å². The molecule has 1 saturated heterocycles. The molecule has 1 heterocycles. The Morgan fingerprint density at radius 3 is 2.73 bits per heavy atom. The van der Waals surface area contributed by atoms with Crippen LogP contribution in [0.3, 0.4) is 0 Å². The molecule has 3 N–H and O–H groups in total. The highest BCUT2D eigenvalue weighted by Gasteiger charge is 2.24. The second-order valence-corrected chi connectivity index (χ2v) is 6.97. The standard InChI is InChI=1S/C20H23ClN2O3/c21-17-6-4-14(5-7-17)13-26-18-3-1-2-15(8-18)9-20(25)23-11-16-10-22-12-19(16)24/h1-8,16,19,22,24H,9-13H2,(H,23,25). The molecule has 0 saturated carbocycles. The minimum absolute atomic E-state index is 0.0565. The molecule has 0 bridgehead atoms. The van der Waals surface area contributed by atoms with E-state index in [0.717, 1.165) is 23.4 Å². The van der Waals surface area contributed by atoms with E-state index in [1.54, 1.807) is 0 Å². The zero-order valence-corrected chi connectivity index (χ0v) is 15.2. The fourth-order valence-electron chi connectivity index (χ4n) is 2.91. The molecule has 0 spiro atoms. The summed E-state index contributed by atoms with van der Waals surface area (Å²) in [6.07, 6.45) is -0.103. The molecule has 0 aromatic heterocycles. The SMILES string of the molecule is O=C(Cc1cccc(OCc2ccc(Cl)cc2)c1)NCC1CNCC1O. The number of carbonyl (C=O) groups excluding carboxylic acids is 1. The van der Waals surface area contributed by atoms with E-state index in [9.17, 15) is 9.90 Å². The van der Waals surface area contributed by atoms with Crippen LogP contribution in [0.2, 0.25) is 5.02 Å². The van der Waals surface area contributed by atoms with Gasteiger partial charge in [-0.15, -0.1) is 0 Å². The van der Waals surface area contributed by atoms with Crippen LogP contribution in [0.1, 0.15) is 11.1 Å². The first kappa shape index (κ1) is 18.7. The van der Waals surface area contributed by atoms with Crippen LogP contribution in [0.4, 0.5) is 0 Å². The number of halogens is 1. The molecule has 2 aromatic carbocycles. The minimum atomic E-state index is -0.389. The maximum absolute atomic E-state index is 12.1. The number of hydrogen-bond donors (Lipinski definition) is 3. The maximum atomic E-state index is 12.1. The van der Waals surface area contributed by atoms with Crippen molar-refractivity contribution in [3.05, 3.63) is 64.7 Å². The Labute approximate surface area is 158 Å². The average molecular weight is 375 g/mol. The number of ether oxygens (including phenoxy) is 1. The second kappa shape index (κ2) is 9.03. The van der Waals surface area contributed by atoms with Crippen LogP contribution in [0, 0.1) is 5.92 Å². The highest BCUT2D eigenvalue weighted by molar-refractivity contribution is 6.30. The molecule has 0 radical (unpaired) electrons. The summed E-state index contributed by atoms with van der Waals surface area (Å²) in [5.41, 5.74) is 1.92. The van der Waals surface area contributed by atoms with Gasteiger partial charge in [-0.25, -0.2) is 0 Å². The predicted molar refractivity (Wildman–Crippen MR) is 101 cm³/mol. The fraction of sp³-hybridized carbons (Fsp3) is 0.350. The fourth-order valence-corrected chi connectivity index (χ4v) is 3.04. The van der Waals surface area contributed by atoms with Crippen molar-refractivity contribution in [2.75, 3.05) is 19.6 Å². The molecular weight excluding hydrogens is 352 g/mol. The molecule has 1 aliphatic rings. The van der Waals surface area contributed by atoms with Crippen molar-refractivity contribution in [2.45, 2.75) is 19.1 Å². The van der Waals surface area contributed by atoms with E-state index < -0.39 is 0 Å². The van der Waals surface area contributed by atoms with Crippen LogP contribution in [-0.4, -0.2) is 36.8 Å². The Balaban J connectivity index is 1.48. The second-order valence-electron chi connectivity index (χ2n) is 6.53. The van der Waals surface area contributed by atoms with Crippen molar-refractivity contribution >= 4 is 17.5 Å². The molecule has 0 aliphatic carbocycles. The Morgan fingerprint density at radius 1 is 1.19 bits per heavy atom. The summed E-state index contributed by atoms with van der Waals surface area (Å²) in [7, 11) is 0. The molecule has 2 atom stereocenters. The summed E-state index contributed by atoms with van der Waals surface area (Å²) in [4.78, 5) is 12.1. The minimum Gasteiger partial charge on any atom is -0.489 e. The lowest BCUT2D eigenvalue weighted by Crippen LogP contribution is -2.35. The third kappa shape index (κ3) is 5.46. The molecular formula is C20H23ClN2O3. The lowest BCUT2D eigenvalue weighted by Gasteiger charge is -2.14. The number of carbonyl (C=O) groups is 1. The molecule has 1 amide bonds. The number of benzene rings is 2. The largest absolute Gasteiger partial charge is 0.489 e. The summed E-state index contributed by atoms with van der Waals surface area (Å²) in [6, 6.07) is 15.0. The van der Waals surface area contributed by atoms with Gasteiger partial charge in [-0.3, -0.25) is 4.79 Å². The summed E-state index contributed by atoms with van der Waals surface area (Å²) in [5.74, 6) is 0.743. The van der Waals surface area contributed by atoms with Crippen molar-refractivity contribution in [3.8, 4) is 5.75 Å². The van der Waals surface area contributed by atoms with E-state index in [1.807, 2.05) is 48.5 Å². The smallest absolute Gasteiger partial charge is 0.224 e. The molecule has 1 aliphatic heterocycles. The van der Waals surface area contributed by atoms with Gasteiger partial charge in [-0.05, 0) is 35.4 Å². The van der Waals surface area contributed by atoms with Gasteiger partial charge in [0.2, 0.25) is 5.91 Å². The van der Waals surface area contributed by atoms with E-state index in [2.05, 4.69) is 10.6 Å². The van der Waals surface area contributed by atoms with Crippen molar-refractivity contribution in [3.63, 3.8) is 0 Å². The van der Waals surface area contributed by atoms with Gasteiger partial charge < -0.3 is 20.5 Å². The van der Waals surface area contributed by atoms with Gasteiger partial charge in [0.05, 0.1) is 12.5 Å². The van der Waals surface area contributed by atoms with Gasteiger partial charge in [-0.1, -0.05) is 35.9 Å². The van der Waals surface area contributed by atoms with Gasteiger partial charge in [-0.2, -0.15) is 0 Å². The van der Waals surface area contributed by atoms with Crippen molar-refractivity contribution < 1.29 is 14.6 Å². The zero-order valence-electron chi connectivity index (χ0n) is 14.5. The van der Waals surface area contributed by atoms with Gasteiger partial charge in [0, 0.05) is 30.6 Å². The third-order valence-corrected chi connectivity index (χ3v) is 4.70. The Kier molecular flexibility index (Phi) is 6.50. The van der Waals surface area contributed by atoms with E-state index >= 15 is 0 Å². The molecule has 2 aromatic rings. The van der Waals surface area contributed by atoms with E-state index in [4.69, 9.17) is 16.3 Å². The molecule has 138 valence electrons. The van der Waals surface area contributed by atoms with Crippen LogP contribution in [0.15, 0.2) is 48.5 Å². The number of nitrogens with one attached hydrogen (secondary N) is 2. The van der Waals surface area contributed by atoms with Crippen LogP contribution >= 0.6 is 11.6 Å². The average Bonchev–Trinajstić information content (AvgIpc) is 3.05. The molecule has 2 unspecified atom stereocenters. The first-order chi connectivity index (χ1) is 12.6. The Hall–Kier alpha value is -2.08. The van der Waals surface area contributed by atoms with Gasteiger partial charge in [0.1, 0.15) is 12.4 Å². The number of aliphatic hydroxyl groups excluding tert-OH is 1. The van der Waals surface area contributed by atoms with Crippen molar-refractivity contribution in [2.24, 2.45) is 5.92 Å². The highest BCUT2D eigenvalue weighted by atomic mass is 35.5. The molecule has 3 rings (SSSR count). The van der Waals surface area contributed by atoms with E-state index in [1.165, 1.54) is 0 Å². The zero-order chi connectivity index (χ0) is 18.4. The summed E-state index contributed by atoms with van der Waals surface area (Å²) < 4.78 is 5.79. The lowest BCUT2D eigenvalue weighted by molar-refractivity contribution is -0.120. The number of aliphatic hydroxyl groups is 1. The third-order valence-electron chi connectivity index (χ3n) is 4.45. The molecule has 6 heteroatoms. The van der Waals surface area contributed by atoms with Gasteiger partial charge in [0.15, 0.2) is 0 Å².